The summed E-state index contributed by atoms with van der Waals surface area (Å²) < 4.78 is 11.8. The molecule has 0 bridgehead atoms. The SMILES string of the molecule is O=C(Oc1ccc(Br)cc1C(=S)N1CCOCC1)c1ccccc1Cl. The van der Waals surface area contributed by atoms with E-state index in [0.717, 1.165) is 4.47 Å². The zero-order chi connectivity index (χ0) is 17.8. The van der Waals surface area contributed by atoms with E-state index in [1.165, 1.54) is 0 Å². The lowest BCUT2D eigenvalue weighted by atomic mass is 10.1. The van der Waals surface area contributed by atoms with Crippen molar-refractivity contribution in [1.82, 2.24) is 4.90 Å². The second-order valence-electron chi connectivity index (χ2n) is 5.41. The highest BCUT2D eigenvalue weighted by atomic mass is 79.9. The van der Waals surface area contributed by atoms with Gasteiger partial charge in [0.25, 0.3) is 0 Å². The van der Waals surface area contributed by atoms with Crippen LogP contribution in [0.4, 0.5) is 0 Å². The van der Waals surface area contributed by atoms with E-state index < -0.39 is 5.97 Å². The Kier molecular flexibility index (Phi) is 6.06. The zero-order valence-electron chi connectivity index (χ0n) is 13.2. The van der Waals surface area contributed by atoms with Gasteiger partial charge >= 0.3 is 5.97 Å². The molecule has 3 rings (SSSR count). The molecule has 2 aromatic carbocycles. The molecule has 0 radical (unpaired) electrons. The minimum absolute atomic E-state index is 0.315. The summed E-state index contributed by atoms with van der Waals surface area (Å²) in [6.45, 7) is 2.68. The van der Waals surface area contributed by atoms with E-state index in [2.05, 4.69) is 15.9 Å². The molecule has 0 saturated carbocycles. The third-order valence-electron chi connectivity index (χ3n) is 3.77. The Balaban J connectivity index is 1.87. The number of ether oxygens (including phenoxy) is 2. The van der Waals surface area contributed by atoms with E-state index in [4.69, 9.17) is 33.3 Å². The first kappa shape index (κ1) is 18.3. The average molecular weight is 441 g/mol. The quantitative estimate of drug-likeness (QED) is 0.403. The molecule has 2 aromatic rings. The Morgan fingerprint density at radius 1 is 1.16 bits per heavy atom. The third kappa shape index (κ3) is 4.39. The molecule has 25 heavy (non-hydrogen) atoms. The lowest BCUT2D eigenvalue weighted by Gasteiger charge is -2.29. The predicted molar refractivity (Wildman–Crippen MR) is 105 cm³/mol. The second kappa shape index (κ2) is 8.27. The molecule has 0 N–H and O–H groups in total. The predicted octanol–water partition coefficient (Wildman–Crippen LogP) is 4.33. The first-order valence-electron chi connectivity index (χ1n) is 7.69. The molecule has 130 valence electrons. The van der Waals surface area contributed by atoms with Crippen LogP contribution >= 0.6 is 39.7 Å². The maximum absolute atomic E-state index is 12.5. The highest BCUT2D eigenvalue weighted by molar-refractivity contribution is 9.10. The monoisotopic (exact) mass is 439 g/mol. The van der Waals surface area contributed by atoms with Crippen molar-refractivity contribution < 1.29 is 14.3 Å². The fourth-order valence-electron chi connectivity index (χ4n) is 2.48. The van der Waals surface area contributed by atoms with Crippen LogP contribution in [0.2, 0.25) is 5.02 Å². The summed E-state index contributed by atoms with van der Waals surface area (Å²) in [7, 11) is 0. The van der Waals surface area contributed by atoms with E-state index in [9.17, 15) is 4.79 Å². The van der Waals surface area contributed by atoms with Crippen LogP contribution in [0.15, 0.2) is 46.9 Å². The van der Waals surface area contributed by atoms with Crippen molar-refractivity contribution in [3.05, 3.63) is 63.1 Å². The Morgan fingerprint density at radius 2 is 1.88 bits per heavy atom. The van der Waals surface area contributed by atoms with Gasteiger partial charge in [0.2, 0.25) is 0 Å². The van der Waals surface area contributed by atoms with Crippen molar-refractivity contribution in [3.63, 3.8) is 0 Å². The number of nitrogens with zero attached hydrogens (tertiary/aromatic N) is 1. The zero-order valence-corrected chi connectivity index (χ0v) is 16.4. The molecule has 1 aliphatic rings. The first-order valence-corrected chi connectivity index (χ1v) is 9.27. The molecule has 0 aromatic heterocycles. The summed E-state index contributed by atoms with van der Waals surface area (Å²) in [6, 6.07) is 12.2. The van der Waals surface area contributed by atoms with Gasteiger partial charge in [-0.2, -0.15) is 0 Å². The Labute approximate surface area is 164 Å². The number of carbonyl (C=O) groups excluding carboxylic acids is 1. The summed E-state index contributed by atoms with van der Waals surface area (Å²) >= 11 is 15.1. The molecule has 0 amide bonds. The number of carbonyl (C=O) groups is 1. The van der Waals surface area contributed by atoms with Gasteiger partial charge in [-0.05, 0) is 30.3 Å². The van der Waals surface area contributed by atoms with Gasteiger partial charge in [-0.15, -0.1) is 0 Å². The van der Waals surface area contributed by atoms with Crippen LogP contribution in [0.25, 0.3) is 0 Å². The van der Waals surface area contributed by atoms with Gasteiger partial charge in [0.1, 0.15) is 10.7 Å². The lowest BCUT2D eigenvalue weighted by molar-refractivity contribution is 0.0687. The van der Waals surface area contributed by atoms with Gasteiger partial charge in [-0.1, -0.05) is 51.9 Å². The van der Waals surface area contributed by atoms with Crippen LogP contribution in [0, 0.1) is 0 Å². The molecule has 1 heterocycles. The molecule has 7 heteroatoms. The number of benzene rings is 2. The minimum Gasteiger partial charge on any atom is -0.422 e. The summed E-state index contributed by atoms with van der Waals surface area (Å²) in [6.07, 6.45) is 0. The summed E-state index contributed by atoms with van der Waals surface area (Å²) in [4.78, 5) is 15.2. The third-order valence-corrected chi connectivity index (χ3v) is 5.07. The summed E-state index contributed by atoms with van der Waals surface area (Å²) in [5, 5.41) is 0.349. The smallest absolute Gasteiger partial charge is 0.345 e. The highest BCUT2D eigenvalue weighted by Gasteiger charge is 2.21. The maximum Gasteiger partial charge on any atom is 0.345 e. The number of hydrogen-bond donors (Lipinski definition) is 0. The van der Waals surface area contributed by atoms with Crippen LogP contribution in [0.3, 0.4) is 0 Å². The van der Waals surface area contributed by atoms with Crippen molar-refractivity contribution in [3.8, 4) is 5.75 Å². The lowest BCUT2D eigenvalue weighted by Crippen LogP contribution is -2.40. The summed E-state index contributed by atoms with van der Waals surface area (Å²) in [5.74, 6) is -0.108. The van der Waals surface area contributed by atoms with E-state index in [0.29, 0.717) is 53.2 Å². The minimum atomic E-state index is -0.515. The van der Waals surface area contributed by atoms with Gasteiger partial charge in [0, 0.05) is 17.6 Å². The van der Waals surface area contributed by atoms with Gasteiger partial charge in [-0.25, -0.2) is 4.79 Å². The normalized spacial score (nSPS) is 14.2. The number of halogens is 2. The molecule has 0 spiro atoms. The van der Waals surface area contributed by atoms with Crippen LogP contribution in [0.5, 0.6) is 5.75 Å². The molecule has 1 saturated heterocycles. The van der Waals surface area contributed by atoms with Gasteiger partial charge in [-0.3, -0.25) is 0 Å². The van der Waals surface area contributed by atoms with Crippen LogP contribution in [0.1, 0.15) is 15.9 Å². The van der Waals surface area contributed by atoms with Gasteiger partial charge in [0.15, 0.2) is 0 Å². The van der Waals surface area contributed by atoms with Crippen LogP contribution in [-0.4, -0.2) is 42.2 Å². The molecular weight excluding hydrogens is 426 g/mol. The molecule has 1 fully saturated rings. The molecule has 0 aliphatic carbocycles. The van der Waals surface area contributed by atoms with Gasteiger partial charge < -0.3 is 14.4 Å². The van der Waals surface area contributed by atoms with E-state index in [1.54, 1.807) is 36.4 Å². The standard InChI is InChI=1S/C18H15BrClNO3S/c19-12-5-6-16(24-18(22)13-3-1-2-4-15(13)20)14(11-12)17(25)21-7-9-23-10-8-21/h1-6,11H,7-10H2. The van der Waals surface area contributed by atoms with Gasteiger partial charge in [0.05, 0.1) is 29.4 Å². The topological polar surface area (TPSA) is 38.8 Å². The largest absolute Gasteiger partial charge is 0.422 e. The molecule has 0 atom stereocenters. The molecular formula is C18H15BrClNO3S. The van der Waals surface area contributed by atoms with Crippen molar-refractivity contribution in [1.29, 1.82) is 0 Å². The second-order valence-corrected chi connectivity index (χ2v) is 7.12. The number of esters is 1. The molecule has 4 nitrogen and oxygen atoms in total. The molecule has 0 unspecified atom stereocenters. The Bertz CT molecular complexity index is 809. The van der Waals surface area contributed by atoms with Crippen molar-refractivity contribution in [2.75, 3.05) is 26.3 Å². The van der Waals surface area contributed by atoms with Crippen molar-refractivity contribution in [2.24, 2.45) is 0 Å². The Hall–Kier alpha value is -1.47. The number of morpholine rings is 1. The maximum atomic E-state index is 12.5. The van der Waals surface area contributed by atoms with Crippen molar-refractivity contribution in [2.45, 2.75) is 0 Å². The molecule has 1 aliphatic heterocycles. The fourth-order valence-corrected chi connectivity index (χ4v) is 3.39. The van der Waals surface area contributed by atoms with E-state index >= 15 is 0 Å². The summed E-state index contributed by atoms with van der Waals surface area (Å²) in [5.41, 5.74) is 1.00. The average Bonchev–Trinajstić information content (AvgIpc) is 2.63. The van der Waals surface area contributed by atoms with E-state index in [-0.39, 0.29) is 0 Å². The number of thiocarbonyl (C=S) groups is 1. The van der Waals surface area contributed by atoms with Crippen LogP contribution in [-0.2, 0) is 4.74 Å². The fraction of sp³-hybridized carbons (Fsp3) is 0.222. The Morgan fingerprint density at radius 3 is 2.60 bits per heavy atom. The number of rotatable bonds is 3. The highest BCUT2D eigenvalue weighted by Crippen LogP contribution is 2.27. The van der Waals surface area contributed by atoms with E-state index in [1.807, 2.05) is 11.0 Å². The van der Waals surface area contributed by atoms with Crippen molar-refractivity contribution >= 4 is 50.7 Å². The number of hydrogen-bond acceptors (Lipinski definition) is 4. The van der Waals surface area contributed by atoms with Crippen LogP contribution < -0.4 is 4.74 Å². The first-order chi connectivity index (χ1) is 12.1.